The van der Waals surface area contributed by atoms with E-state index < -0.39 is 0 Å². The maximum Gasteiger partial charge on any atom is 0.0665 e. The Balaban J connectivity index is 1.66. The van der Waals surface area contributed by atoms with Crippen LogP contribution in [0.2, 0.25) is 0 Å². The summed E-state index contributed by atoms with van der Waals surface area (Å²) < 4.78 is 6.36. The Morgan fingerprint density at radius 3 is 2.24 bits per heavy atom. The van der Waals surface area contributed by atoms with Crippen molar-refractivity contribution in [3.8, 4) is 0 Å². The van der Waals surface area contributed by atoms with Crippen molar-refractivity contribution in [3.05, 3.63) is 0 Å². The summed E-state index contributed by atoms with van der Waals surface area (Å²) in [7, 11) is 2.14. The monoisotopic (exact) mass is 237 g/mol. The van der Waals surface area contributed by atoms with Crippen LogP contribution in [0.15, 0.2) is 0 Å². The van der Waals surface area contributed by atoms with Crippen LogP contribution in [0.3, 0.4) is 0 Å². The minimum absolute atomic E-state index is 0.501. The minimum Gasteiger partial charge on any atom is -0.374 e. The molecule has 3 aliphatic rings. The topological polar surface area (TPSA) is 21.3 Å². The fraction of sp³-hybridized carbons (Fsp3) is 1.00. The number of hydrogen-bond acceptors (Lipinski definition) is 2. The van der Waals surface area contributed by atoms with Crippen LogP contribution in [-0.2, 0) is 4.74 Å². The molecule has 3 aliphatic carbocycles. The highest BCUT2D eigenvalue weighted by Gasteiger charge is 2.55. The van der Waals surface area contributed by atoms with Gasteiger partial charge in [-0.05, 0) is 45.6 Å². The van der Waals surface area contributed by atoms with Gasteiger partial charge in [0.25, 0.3) is 0 Å². The van der Waals surface area contributed by atoms with Crippen molar-refractivity contribution >= 4 is 0 Å². The second kappa shape index (κ2) is 4.89. The molecule has 0 aromatic heterocycles. The molecule has 3 rings (SSSR count). The first-order chi connectivity index (χ1) is 8.35. The molecule has 0 aromatic carbocycles. The highest BCUT2D eigenvalue weighted by atomic mass is 16.5. The van der Waals surface area contributed by atoms with Gasteiger partial charge < -0.3 is 10.1 Å². The first kappa shape index (κ1) is 12.0. The maximum atomic E-state index is 6.36. The molecule has 0 aliphatic heterocycles. The zero-order valence-electron chi connectivity index (χ0n) is 11.2. The SMILES string of the molecule is CNC1CC(OC2CCC2)C12CCCCCC2. The van der Waals surface area contributed by atoms with Crippen LogP contribution in [0.5, 0.6) is 0 Å². The predicted molar refractivity (Wildman–Crippen MR) is 70.1 cm³/mol. The van der Waals surface area contributed by atoms with Crippen LogP contribution < -0.4 is 5.32 Å². The Hall–Kier alpha value is -0.0800. The van der Waals surface area contributed by atoms with Gasteiger partial charge in [-0.3, -0.25) is 0 Å². The lowest BCUT2D eigenvalue weighted by molar-refractivity contribution is -0.182. The third-order valence-electron chi connectivity index (χ3n) is 5.58. The largest absolute Gasteiger partial charge is 0.374 e. The van der Waals surface area contributed by atoms with Gasteiger partial charge in [-0.25, -0.2) is 0 Å². The zero-order chi connectivity index (χ0) is 11.7. The quantitative estimate of drug-likeness (QED) is 0.813. The maximum absolute atomic E-state index is 6.36. The van der Waals surface area contributed by atoms with Crippen molar-refractivity contribution in [3.63, 3.8) is 0 Å². The second-order valence-corrected chi connectivity index (χ2v) is 6.40. The molecule has 2 nitrogen and oxygen atoms in total. The highest BCUT2D eigenvalue weighted by Crippen LogP contribution is 2.53. The van der Waals surface area contributed by atoms with Crippen LogP contribution in [0, 0.1) is 5.41 Å². The summed E-state index contributed by atoms with van der Waals surface area (Å²) in [5.41, 5.74) is 0.501. The van der Waals surface area contributed by atoms with E-state index in [0.717, 1.165) is 6.04 Å². The summed E-state index contributed by atoms with van der Waals surface area (Å²) in [4.78, 5) is 0. The van der Waals surface area contributed by atoms with Crippen LogP contribution in [0.25, 0.3) is 0 Å². The van der Waals surface area contributed by atoms with E-state index in [0.29, 0.717) is 17.6 Å². The standard InChI is InChI=1S/C15H27NO/c1-16-13-11-14(17-12-7-6-8-12)15(13)9-4-2-3-5-10-15/h12-14,16H,2-11H2,1H3. The fourth-order valence-electron chi connectivity index (χ4n) is 4.14. The fourth-order valence-corrected chi connectivity index (χ4v) is 4.14. The van der Waals surface area contributed by atoms with Crippen LogP contribution in [0.4, 0.5) is 0 Å². The van der Waals surface area contributed by atoms with Gasteiger partial charge in [0.05, 0.1) is 12.2 Å². The van der Waals surface area contributed by atoms with Crippen molar-refractivity contribution < 1.29 is 4.74 Å². The first-order valence-electron chi connectivity index (χ1n) is 7.68. The van der Waals surface area contributed by atoms with E-state index in [1.165, 1.54) is 64.2 Å². The van der Waals surface area contributed by atoms with Crippen molar-refractivity contribution in [2.45, 2.75) is 82.5 Å². The molecule has 2 unspecified atom stereocenters. The molecule has 0 amide bonds. The summed E-state index contributed by atoms with van der Waals surface area (Å²) in [6, 6.07) is 0.727. The molecule has 0 saturated heterocycles. The van der Waals surface area contributed by atoms with Crippen molar-refractivity contribution in [2.24, 2.45) is 5.41 Å². The lowest BCUT2D eigenvalue weighted by Crippen LogP contribution is -2.63. The molecule has 98 valence electrons. The number of hydrogen-bond donors (Lipinski definition) is 1. The molecule has 2 heteroatoms. The molecule has 3 saturated carbocycles. The van der Waals surface area contributed by atoms with E-state index >= 15 is 0 Å². The molecule has 3 fully saturated rings. The number of rotatable bonds is 3. The first-order valence-corrected chi connectivity index (χ1v) is 7.68. The van der Waals surface area contributed by atoms with E-state index in [2.05, 4.69) is 12.4 Å². The third-order valence-corrected chi connectivity index (χ3v) is 5.58. The van der Waals surface area contributed by atoms with E-state index in [9.17, 15) is 0 Å². The lowest BCUT2D eigenvalue weighted by atomic mass is 9.57. The molecule has 1 spiro atoms. The predicted octanol–water partition coefficient (Wildman–Crippen LogP) is 3.26. The van der Waals surface area contributed by atoms with E-state index in [4.69, 9.17) is 4.74 Å². The van der Waals surface area contributed by atoms with Gasteiger partial charge in [-0.1, -0.05) is 25.7 Å². The van der Waals surface area contributed by atoms with Gasteiger partial charge in [-0.15, -0.1) is 0 Å². The average Bonchev–Trinajstić information content (AvgIpc) is 2.53. The normalized spacial score (nSPS) is 37.2. The molecule has 1 N–H and O–H groups in total. The van der Waals surface area contributed by atoms with E-state index in [-0.39, 0.29) is 0 Å². The Kier molecular flexibility index (Phi) is 3.45. The minimum atomic E-state index is 0.501. The molecule has 0 bridgehead atoms. The number of ether oxygens (including phenoxy) is 1. The van der Waals surface area contributed by atoms with Crippen LogP contribution >= 0.6 is 0 Å². The summed E-state index contributed by atoms with van der Waals surface area (Å²) in [6.07, 6.45) is 15.0. The smallest absolute Gasteiger partial charge is 0.0665 e. The van der Waals surface area contributed by atoms with Crippen molar-refractivity contribution in [2.75, 3.05) is 7.05 Å². The molecular weight excluding hydrogens is 210 g/mol. The summed E-state index contributed by atoms with van der Waals surface area (Å²) in [5.74, 6) is 0. The lowest BCUT2D eigenvalue weighted by Gasteiger charge is -2.57. The molecule has 0 radical (unpaired) electrons. The molecule has 0 heterocycles. The van der Waals surface area contributed by atoms with Gasteiger partial charge >= 0.3 is 0 Å². The molecule has 17 heavy (non-hydrogen) atoms. The third kappa shape index (κ3) is 2.04. The van der Waals surface area contributed by atoms with Gasteiger partial charge in [0, 0.05) is 11.5 Å². The summed E-state index contributed by atoms with van der Waals surface area (Å²) in [5, 5.41) is 3.55. The molecular formula is C15H27NO. The second-order valence-electron chi connectivity index (χ2n) is 6.40. The Morgan fingerprint density at radius 2 is 1.71 bits per heavy atom. The number of nitrogens with one attached hydrogen (secondary N) is 1. The molecule has 2 atom stereocenters. The highest BCUT2D eigenvalue weighted by molar-refractivity contribution is 5.08. The Morgan fingerprint density at radius 1 is 1.00 bits per heavy atom. The van der Waals surface area contributed by atoms with E-state index in [1.807, 2.05) is 0 Å². The van der Waals surface area contributed by atoms with Gasteiger partial charge in [-0.2, -0.15) is 0 Å². The Bertz CT molecular complexity index is 254. The zero-order valence-corrected chi connectivity index (χ0v) is 11.2. The van der Waals surface area contributed by atoms with Crippen molar-refractivity contribution in [1.29, 1.82) is 0 Å². The van der Waals surface area contributed by atoms with Crippen molar-refractivity contribution in [1.82, 2.24) is 5.32 Å². The average molecular weight is 237 g/mol. The van der Waals surface area contributed by atoms with Crippen LogP contribution in [0.1, 0.15) is 64.2 Å². The van der Waals surface area contributed by atoms with Gasteiger partial charge in [0.1, 0.15) is 0 Å². The summed E-state index contributed by atoms with van der Waals surface area (Å²) in [6.45, 7) is 0. The molecule has 0 aromatic rings. The summed E-state index contributed by atoms with van der Waals surface area (Å²) >= 11 is 0. The van der Waals surface area contributed by atoms with E-state index in [1.54, 1.807) is 0 Å². The van der Waals surface area contributed by atoms with Crippen LogP contribution in [-0.4, -0.2) is 25.3 Å². The van der Waals surface area contributed by atoms with Gasteiger partial charge in [0.15, 0.2) is 0 Å². The Labute approximate surface area is 105 Å². The van der Waals surface area contributed by atoms with Gasteiger partial charge in [0.2, 0.25) is 0 Å².